The van der Waals surface area contributed by atoms with Crippen LogP contribution >= 0.6 is 0 Å². The summed E-state index contributed by atoms with van der Waals surface area (Å²) < 4.78 is 33.3. The summed E-state index contributed by atoms with van der Waals surface area (Å²) in [6.45, 7) is 18.4. The van der Waals surface area contributed by atoms with Crippen LogP contribution in [0.4, 0.5) is 0 Å². The van der Waals surface area contributed by atoms with Crippen molar-refractivity contribution < 1.29 is 33.2 Å². The Bertz CT molecular complexity index is 3100. The average molecular weight is 1010 g/mol. The molecule has 0 spiro atoms. The number of benzene rings is 5. The van der Waals surface area contributed by atoms with Crippen molar-refractivity contribution in [2.75, 3.05) is 0 Å². The molecule has 0 atom stereocenters. The molecule has 0 bridgehead atoms. The number of nitrogens with zero attached hydrogens (tertiary/aromatic N) is 4. The minimum absolute atomic E-state index is 0. The van der Waals surface area contributed by atoms with Crippen LogP contribution in [0.3, 0.4) is 0 Å². The third kappa shape index (κ3) is 8.64. The quantitative estimate of drug-likeness (QED) is 0.0866. The molecule has 5 aromatic carbocycles. The zero-order valence-corrected chi connectivity index (χ0v) is 40.8. The van der Waals surface area contributed by atoms with E-state index in [1.807, 2.05) is 24.4 Å². The van der Waals surface area contributed by atoms with Gasteiger partial charge in [0.2, 0.25) is 0 Å². The van der Waals surface area contributed by atoms with E-state index in [9.17, 15) is 0 Å². The summed E-state index contributed by atoms with van der Waals surface area (Å²) >= 11 is 0. The van der Waals surface area contributed by atoms with Crippen molar-refractivity contribution in [2.24, 2.45) is 7.05 Å². The number of aromatic nitrogens is 4. The van der Waals surface area contributed by atoms with E-state index in [4.69, 9.17) is 13.5 Å². The van der Waals surface area contributed by atoms with Gasteiger partial charge in [-0.2, -0.15) is 0 Å². The molecule has 7 heteroatoms. The van der Waals surface area contributed by atoms with Gasteiger partial charge in [0.1, 0.15) is 16.8 Å². The standard InChI is InChI=1S/C37H33N3O.C18H24NSi.Ir/c1-23(2)30-21-26(25-13-7-6-8-14-25)22-31(24(3)4)34(30)40-36(38-32-18-12-20-39(5)37(32)40)29-17-11-16-28-27-15-9-10-19-33(27)41-35(28)29;1-13(2)16-11-17(15-9-7-14(3)8-10-15)19-12-18(16)20(4,5)6;/h6-16,18-24H,1-5H3;7-9,11-13H,1-6H3;/q;-1;/i;3D3;. The Morgan fingerprint density at radius 3 is 2.08 bits per heavy atom. The maximum Gasteiger partial charge on any atom is 0.304 e. The number of aryl methyl sites for hydroxylation is 2. The van der Waals surface area contributed by atoms with E-state index in [-0.39, 0.29) is 31.9 Å². The van der Waals surface area contributed by atoms with Gasteiger partial charge in [0, 0.05) is 46.9 Å². The van der Waals surface area contributed by atoms with Gasteiger partial charge in [-0.15, -0.1) is 53.6 Å². The number of furan rings is 1. The Labute approximate surface area is 386 Å². The number of fused-ring (bicyclic) bond motifs is 4. The first-order valence-corrected chi connectivity index (χ1v) is 24.9. The molecule has 9 rings (SSSR count). The topological polar surface area (TPSA) is 47.7 Å². The molecule has 9 aromatic rings. The van der Waals surface area contributed by atoms with Crippen LogP contribution in [0.2, 0.25) is 19.6 Å². The van der Waals surface area contributed by atoms with Crippen LogP contribution in [-0.4, -0.2) is 22.6 Å². The molecule has 1 radical (unpaired) electrons. The fraction of sp³-hybridized carbons (Fsp3) is 0.255. The predicted molar refractivity (Wildman–Crippen MR) is 258 cm³/mol. The molecule has 0 N–H and O–H groups in total. The van der Waals surface area contributed by atoms with Crippen molar-refractivity contribution in [3.63, 3.8) is 0 Å². The summed E-state index contributed by atoms with van der Waals surface area (Å²) in [6.07, 6.45) is 4.10. The van der Waals surface area contributed by atoms with Crippen LogP contribution in [0.5, 0.6) is 0 Å². The summed E-state index contributed by atoms with van der Waals surface area (Å²) in [7, 11) is 0.650. The zero-order chi connectivity index (χ0) is 45.7. The molecule has 0 aliphatic rings. The minimum atomic E-state index is -2.09. The smallest absolute Gasteiger partial charge is 0.304 e. The predicted octanol–water partition coefficient (Wildman–Crippen LogP) is 13.7. The number of para-hydroxylation sites is 1. The van der Waals surface area contributed by atoms with Gasteiger partial charge in [-0.1, -0.05) is 134 Å². The molecule has 0 fully saturated rings. The summed E-state index contributed by atoms with van der Waals surface area (Å²) in [6, 6.07) is 45.6. The molecule has 62 heavy (non-hydrogen) atoms. The van der Waals surface area contributed by atoms with E-state index in [0.717, 1.165) is 55.7 Å². The second-order valence-electron chi connectivity index (χ2n) is 18.0. The second-order valence-corrected chi connectivity index (χ2v) is 23.1. The Hall–Kier alpha value is -5.46. The fourth-order valence-electron chi connectivity index (χ4n) is 8.37. The Morgan fingerprint density at radius 1 is 0.742 bits per heavy atom. The summed E-state index contributed by atoms with van der Waals surface area (Å²) in [4.78, 5) is 9.89. The Kier molecular flexibility index (Phi) is 11.9. The average Bonchev–Trinajstić information content (AvgIpc) is 3.85. The van der Waals surface area contributed by atoms with E-state index in [0.29, 0.717) is 11.5 Å². The van der Waals surface area contributed by atoms with Crippen LogP contribution < -0.4 is 9.75 Å². The first-order valence-electron chi connectivity index (χ1n) is 22.9. The number of imidazole rings is 1. The van der Waals surface area contributed by atoms with Crippen LogP contribution in [0, 0.1) is 19.0 Å². The summed E-state index contributed by atoms with van der Waals surface area (Å²) in [5, 5.41) is 3.56. The van der Waals surface area contributed by atoms with Gasteiger partial charge in [-0.25, -0.2) is 14.1 Å². The first kappa shape index (κ1) is 40.6. The largest absolute Gasteiger partial charge is 0.500 e. The summed E-state index contributed by atoms with van der Waals surface area (Å²) in [5.74, 6) is 1.84. The fourth-order valence-corrected chi connectivity index (χ4v) is 10.1. The van der Waals surface area contributed by atoms with Crippen molar-refractivity contribution in [3.05, 3.63) is 162 Å². The van der Waals surface area contributed by atoms with E-state index in [2.05, 4.69) is 180 Å². The number of rotatable bonds is 8. The molecule has 5 nitrogen and oxygen atoms in total. The molecule has 4 aromatic heterocycles. The number of hydrogen-bond acceptors (Lipinski definition) is 3. The third-order valence-electron chi connectivity index (χ3n) is 11.5. The third-order valence-corrected chi connectivity index (χ3v) is 13.6. The van der Waals surface area contributed by atoms with Gasteiger partial charge in [0.25, 0.3) is 0 Å². The van der Waals surface area contributed by atoms with E-state index < -0.39 is 14.9 Å². The first-order chi connectivity index (χ1) is 30.4. The SMILES string of the molecule is CC(C)c1cc(-c2ccccc2)cc(C(C)C)c1-n1c(-c2[c-]ccc3c2oc2ccccc23)nc2ccc[n+](C)c21.[2H]C([2H])([2H])c1c[c-]c(-c2cc(C(C)C)c([Si](C)(C)C)cn2)cc1.[Ir]. The van der Waals surface area contributed by atoms with Crippen molar-refractivity contribution >= 4 is 46.4 Å². The van der Waals surface area contributed by atoms with Crippen LogP contribution in [0.25, 0.3) is 72.6 Å². The minimum Gasteiger partial charge on any atom is -0.500 e. The second kappa shape index (κ2) is 18.1. The van der Waals surface area contributed by atoms with Gasteiger partial charge in [0.05, 0.1) is 26.9 Å². The molecule has 317 valence electrons. The van der Waals surface area contributed by atoms with Crippen LogP contribution in [0.15, 0.2) is 132 Å². The van der Waals surface area contributed by atoms with Crippen molar-refractivity contribution in [1.29, 1.82) is 0 Å². The maximum absolute atomic E-state index is 7.44. The van der Waals surface area contributed by atoms with Crippen molar-refractivity contribution in [2.45, 2.75) is 85.8 Å². The number of hydrogen-bond donors (Lipinski definition) is 0. The van der Waals surface area contributed by atoms with Crippen molar-refractivity contribution in [1.82, 2.24) is 14.5 Å². The van der Waals surface area contributed by atoms with E-state index in [1.54, 1.807) is 18.2 Å². The van der Waals surface area contributed by atoms with E-state index >= 15 is 0 Å². The van der Waals surface area contributed by atoms with Crippen LogP contribution in [-0.2, 0) is 27.2 Å². The molecule has 0 saturated heterocycles. The van der Waals surface area contributed by atoms with Gasteiger partial charge < -0.3 is 9.40 Å². The monoisotopic (exact) mass is 1010 g/mol. The van der Waals surface area contributed by atoms with Gasteiger partial charge >= 0.3 is 5.65 Å². The normalized spacial score (nSPS) is 12.7. The molecule has 0 amide bonds. The Balaban J connectivity index is 0.000000225. The van der Waals surface area contributed by atoms with Crippen LogP contribution in [0.1, 0.15) is 85.7 Å². The van der Waals surface area contributed by atoms with E-state index in [1.165, 1.54) is 38.7 Å². The molecule has 4 heterocycles. The molecular formula is C55H57IrN4OSi-. The molecular weight excluding hydrogens is 953 g/mol. The maximum atomic E-state index is 7.44. The molecule has 0 aliphatic carbocycles. The van der Waals surface area contributed by atoms with Crippen molar-refractivity contribution in [3.8, 4) is 39.5 Å². The molecule has 0 unspecified atom stereocenters. The summed E-state index contributed by atoms with van der Waals surface area (Å²) in [5.41, 5.74) is 14.1. The number of pyridine rings is 2. The zero-order valence-electron chi connectivity index (χ0n) is 40.4. The van der Waals surface area contributed by atoms with Gasteiger partial charge in [-0.05, 0) is 75.7 Å². The Morgan fingerprint density at radius 2 is 1.44 bits per heavy atom. The molecule has 0 aliphatic heterocycles. The molecule has 0 saturated carbocycles. The van der Waals surface area contributed by atoms with Gasteiger partial charge in [-0.3, -0.25) is 0 Å². The van der Waals surface area contributed by atoms with Gasteiger partial charge in [0.15, 0.2) is 5.82 Å².